The van der Waals surface area contributed by atoms with E-state index >= 15 is 0 Å². The zero-order valence-electron chi connectivity index (χ0n) is 10.9. The number of benzene rings is 2. The molecule has 2 rings (SSSR count). The molecule has 0 aromatic heterocycles. The summed E-state index contributed by atoms with van der Waals surface area (Å²) in [6.45, 7) is 0. The largest absolute Gasteiger partial charge is 0.498 e. The molecule has 0 radical (unpaired) electrons. The first kappa shape index (κ1) is 15.6. The summed E-state index contributed by atoms with van der Waals surface area (Å²) in [6.07, 6.45) is -0.216. The van der Waals surface area contributed by atoms with E-state index in [0.29, 0.717) is 5.56 Å². The van der Waals surface area contributed by atoms with Gasteiger partial charge in [0.05, 0.1) is 5.25 Å². The van der Waals surface area contributed by atoms with Crippen LogP contribution in [0.4, 0.5) is 13.2 Å². The van der Waals surface area contributed by atoms with Gasteiger partial charge in [-0.1, -0.05) is 60.7 Å². The van der Waals surface area contributed by atoms with Crippen molar-refractivity contribution in [1.82, 2.24) is 0 Å². The first-order valence-electron chi connectivity index (χ1n) is 6.21. The monoisotopic (exact) mass is 314 g/mol. The Kier molecular flexibility index (Phi) is 4.37. The van der Waals surface area contributed by atoms with Crippen molar-refractivity contribution >= 4 is 9.84 Å². The molecule has 2 aromatic carbocycles. The molecule has 0 N–H and O–H groups in total. The maximum absolute atomic E-state index is 12.9. The van der Waals surface area contributed by atoms with Crippen LogP contribution in [0.1, 0.15) is 16.4 Å². The van der Waals surface area contributed by atoms with Crippen LogP contribution in [0.15, 0.2) is 60.7 Å². The normalized spacial score (nSPS) is 13.9. The lowest BCUT2D eigenvalue weighted by Crippen LogP contribution is -2.30. The van der Waals surface area contributed by atoms with E-state index < -0.39 is 20.6 Å². The quantitative estimate of drug-likeness (QED) is 0.857. The molecular formula is C15H13F3O2S. The molecular weight excluding hydrogens is 301 g/mol. The van der Waals surface area contributed by atoms with Crippen LogP contribution in [-0.2, 0) is 16.3 Å². The molecule has 0 aliphatic heterocycles. The lowest BCUT2D eigenvalue weighted by atomic mass is 10.0. The molecule has 1 unspecified atom stereocenters. The van der Waals surface area contributed by atoms with Crippen molar-refractivity contribution in [1.29, 1.82) is 0 Å². The van der Waals surface area contributed by atoms with Crippen molar-refractivity contribution in [3.8, 4) is 0 Å². The Morgan fingerprint density at radius 1 is 0.857 bits per heavy atom. The predicted molar refractivity (Wildman–Crippen MR) is 74.3 cm³/mol. The highest BCUT2D eigenvalue weighted by Gasteiger charge is 2.50. The molecule has 0 fully saturated rings. The molecule has 2 nitrogen and oxygen atoms in total. The topological polar surface area (TPSA) is 34.1 Å². The maximum atomic E-state index is 12.9. The van der Waals surface area contributed by atoms with Gasteiger partial charge >= 0.3 is 5.51 Å². The highest BCUT2D eigenvalue weighted by atomic mass is 32.2. The van der Waals surface area contributed by atoms with Crippen molar-refractivity contribution < 1.29 is 21.6 Å². The van der Waals surface area contributed by atoms with Gasteiger partial charge in [0.15, 0.2) is 0 Å². The van der Waals surface area contributed by atoms with Crippen molar-refractivity contribution in [2.75, 3.05) is 0 Å². The third-order valence-corrected chi connectivity index (χ3v) is 4.97. The van der Waals surface area contributed by atoms with Gasteiger partial charge in [-0.15, -0.1) is 0 Å². The summed E-state index contributed by atoms with van der Waals surface area (Å²) >= 11 is 0. The average Bonchev–Trinajstić information content (AvgIpc) is 2.45. The van der Waals surface area contributed by atoms with Crippen molar-refractivity contribution in [3.05, 3.63) is 71.8 Å². The Balaban J connectivity index is 2.46. The molecule has 0 spiro atoms. The zero-order chi connectivity index (χ0) is 15.5. The third-order valence-electron chi connectivity index (χ3n) is 3.13. The molecule has 0 saturated carbocycles. The van der Waals surface area contributed by atoms with Gasteiger partial charge in [0.1, 0.15) is 0 Å². The molecule has 0 aliphatic carbocycles. The van der Waals surface area contributed by atoms with E-state index in [0.717, 1.165) is 0 Å². The van der Waals surface area contributed by atoms with Crippen LogP contribution in [0, 0.1) is 0 Å². The van der Waals surface area contributed by atoms with Gasteiger partial charge in [0.2, 0.25) is 0 Å². The SMILES string of the molecule is O=S(=O)(C(Cc1ccccc1)c1ccccc1)C(F)(F)F. The fraction of sp³-hybridized carbons (Fsp3) is 0.200. The molecule has 0 aliphatic rings. The van der Waals surface area contributed by atoms with E-state index in [1.54, 1.807) is 36.4 Å². The van der Waals surface area contributed by atoms with E-state index in [2.05, 4.69) is 0 Å². The zero-order valence-corrected chi connectivity index (χ0v) is 11.7. The Morgan fingerprint density at radius 3 is 1.81 bits per heavy atom. The van der Waals surface area contributed by atoms with Gasteiger partial charge in [-0.25, -0.2) is 8.42 Å². The first-order chi connectivity index (χ1) is 9.82. The maximum Gasteiger partial charge on any atom is 0.498 e. The second kappa shape index (κ2) is 5.89. The average molecular weight is 314 g/mol. The lowest BCUT2D eigenvalue weighted by molar-refractivity contribution is -0.0445. The van der Waals surface area contributed by atoms with Crippen LogP contribution in [0.25, 0.3) is 0 Å². The number of alkyl halides is 3. The summed E-state index contributed by atoms with van der Waals surface area (Å²) in [5.41, 5.74) is -4.60. The van der Waals surface area contributed by atoms with E-state index in [-0.39, 0.29) is 12.0 Å². The molecule has 21 heavy (non-hydrogen) atoms. The molecule has 1 atom stereocenters. The minimum atomic E-state index is -5.29. The molecule has 0 heterocycles. The predicted octanol–water partition coefficient (Wildman–Crippen LogP) is 3.91. The standard InChI is InChI=1S/C15H13F3O2S/c16-15(17,18)21(19,20)14(13-9-5-2-6-10-13)11-12-7-3-1-4-8-12/h1-10,14H,11H2. The van der Waals surface area contributed by atoms with Crippen molar-refractivity contribution in [2.24, 2.45) is 0 Å². The summed E-state index contributed by atoms with van der Waals surface area (Å²) in [6, 6.07) is 15.8. The summed E-state index contributed by atoms with van der Waals surface area (Å²) in [5.74, 6) is 0. The van der Waals surface area contributed by atoms with Crippen LogP contribution in [0.5, 0.6) is 0 Å². The van der Waals surface area contributed by atoms with E-state index in [1.807, 2.05) is 0 Å². The van der Waals surface area contributed by atoms with Gasteiger partial charge in [-0.2, -0.15) is 13.2 Å². The van der Waals surface area contributed by atoms with Crippen molar-refractivity contribution in [3.63, 3.8) is 0 Å². The van der Waals surface area contributed by atoms with Crippen LogP contribution < -0.4 is 0 Å². The van der Waals surface area contributed by atoms with Crippen LogP contribution >= 0.6 is 0 Å². The summed E-state index contributed by atoms with van der Waals surface area (Å²) in [7, 11) is -5.29. The van der Waals surface area contributed by atoms with Gasteiger partial charge in [0, 0.05) is 0 Å². The van der Waals surface area contributed by atoms with Crippen LogP contribution in [-0.4, -0.2) is 13.9 Å². The van der Waals surface area contributed by atoms with Crippen LogP contribution in [0.3, 0.4) is 0 Å². The highest BCUT2D eigenvalue weighted by molar-refractivity contribution is 7.92. The molecule has 0 saturated heterocycles. The number of sulfone groups is 1. The Labute approximate surface area is 121 Å². The van der Waals surface area contributed by atoms with Crippen LogP contribution in [0.2, 0.25) is 0 Å². The highest BCUT2D eigenvalue weighted by Crippen LogP contribution is 2.37. The molecule has 2 aromatic rings. The van der Waals surface area contributed by atoms with Gasteiger partial charge < -0.3 is 0 Å². The fourth-order valence-corrected chi connectivity index (χ4v) is 3.31. The molecule has 6 heteroatoms. The first-order valence-corrected chi connectivity index (χ1v) is 7.76. The number of halogens is 3. The third kappa shape index (κ3) is 3.44. The van der Waals surface area contributed by atoms with E-state index in [9.17, 15) is 21.6 Å². The Bertz CT molecular complexity index is 680. The smallest absolute Gasteiger partial charge is 0.219 e. The van der Waals surface area contributed by atoms with E-state index in [4.69, 9.17) is 0 Å². The number of rotatable bonds is 4. The van der Waals surface area contributed by atoms with Gasteiger partial charge in [-0.05, 0) is 17.5 Å². The van der Waals surface area contributed by atoms with Crippen molar-refractivity contribution in [2.45, 2.75) is 17.2 Å². The molecule has 112 valence electrons. The minimum absolute atomic E-state index is 0.138. The summed E-state index contributed by atoms with van der Waals surface area (Å²) in [4.78, 5) is 0. The lowest BCUT2D eigenvalue weighted by Gasteiger charge is -2.20. The van der Waals surface area contributed by atoms with Gasteiger partial charge in [0.25, 0.3) is 9.84 Å². The number of hydrogen-bond acceptors (Lipinski definition) is 2. The molecule has 0 amide bonds. The second-order valence-corrected chi connectivity index (χ2v) is 6.70. The van der Waals surface area contributed by atoms with E-state index in [1.165, 1.54) is 24.3 Å². The number of hydrogen-bond donors (Lipinski definition) is 0. The second-order valence-electron chi connectivity index (χ2n) is 4.58. The fourth-order valence-electron chi connectivity index (χ4n) is 2.06. The Hall–Kier alpha value is -1.82. The minimum Gasteiger partial charge on any atom is -0.219 e. The Morgan fingerprint density at radius 2 is 1.33 bits per heavy atom. The molecule has 0 bridgehead atoms. The van der Waals surface area contributed by atoms with Gasteiger partial charge in [-0.3, -0.25) is 0 Å². The summed E-state index contributed by atoms with van der Waals surface area (Å²) < 4.78 is 62.3. The summed E-state index contributed by atoms with van der Waals surface area (Å²) in [5, 5.41) is -1.64.